The average Bonchev–Trinajstić information content (AvgIpc) is 4.26. The lowest BCUT2D eigenvalue weighted by molar-refractivity contribution is -0.0141. The first-order valence-electron chi connectivity index (χ1n) is 24.7. The molecule has 0 spiro atoms. The van der Waals surface area contributed by atoms with E-state index in [1.807, 2.05) is 0 Å². The summed E-state index contributed by atoms with van der Waals surface area (Å²) in [5.41, 5.74) is 16.6. The van der Waals surface area contributed by atoms with Crippen LogP contribution in [-0.2, 0) is 28.4 Å². The minimum absolute atomic E-state index is 0.0620. The van der Waals surface area contributed by atoms with Gasteiger partial charge in [-0.25, -0.2) is 19.6 Å². The Morgan fingerprint density at radius 3 is 1.26 bits per heavy atom. The third-order valence-electron chi connectivity index (χ3n) is 12.1. The number of imidazole rings is 2. The molecule has 8 aromatic rings. The van der Waals surface area contributed by atoms with Crippen molar-refractivity contribution in [1.82, 2.24) is 18.8 Å². The second-order valence-corrected chi connectivity index (χ2v) is 17.0. The molecule has 0 fully saturated rings. The molecule has 4 heterocycles. The van der Waals surface area contributed by atoms with Crippen molar-refractivity contribution in [1.29, 1.82) is 0 Å². The predicted molar refractivity (Wildman–Crippen MR) is 286 cm³/mol. The fourth-order valence-electron chi connectivity index (χ4n) is 8.25. The first-order chi connectivity index (χ1) is 38.0. The normalized spacial score (nSPS) is 11.2. The molecule has 0 unspecified atom stereocenters. The Hall–Kier alpha value is -8.86. The molecule has 0 aliphatic heterocycles. The maximum Gasteiger partial charge on any atom is 0.337 e. The van der Waals surface area contributed by atoms with Gasteiger partial charge in [0.25, 0.3) is 0 Å². The molecule has 0 radical (unpaired) electrons. The van der Waals surface area contributed by atoms with Crippen LogP contribution in [0, 0.1) is 0 Å². The number of pyridine rings is 2. The van der Waals surface area contributed by atoms with Gasteiger partial charge in [-0.15, -0.1) is 0 Å². The summed E-state index contributed by atoms with van der Waals surface area (Å²) < 4.78 is 59.7. The van der Waals surface area contributed by atoms with Gasteiger partial charge in [0.2, 0.25) is 11.6 Å². The monoisotopic (exact) mass is 1070 g/mol. The number of esters is 1. The number of hydrogen-bond donors (Lipinski definition) is 3. The molecule has 21 heteroatoms. The first-order valence-corrected chi connectivity index (χ1v) is 24.7. The Morgan fingerprint density at radius 2 is 0.859 bits per heavy atom. The molecule has 8 rings (SSSR count). The average molecular weight is 1070 g/mol. The molecule has 4 aromatic heterocycles. The van der Waals surface area contributed by atoms with E-state index < -0.39 is 17.7 Å². The maximum atomic E-state index is 13.9. The Bertz CT molecular complexity index is 3410. The van der Waals surface area contributed by atoms with Gasteiger partial charge in [-0.2, -0.15) is 0 Å². The van der Waals surface area contributed by atoms with Crippen LogP contribution in [0.4, 0.5) is 11.4 Å². The Balaban J connectivity index is 0.734. The largest absolute Gasteiger partial charge is 0.495 e. The van der Waals surface area contributed by atoms with E-state index in [1.54, 1.807) is 118 Å². The number of carboxylic acid groups (broad SMARTS) is 1. The lowest BCUT2D eigenvalue weighted by Crippen LogP contribution is -2.15. The molecule has 0 saturated carbocycles. The molecule has 0 aliphatic carbocycles. The summed E-state index contributed by atoms with van der Waals surface area (Å²) in [6, 6.07) is 29.6. The van der Waals surface area contributed by atoms with Crippen molar-refractivity contribution in [2.75, 3.05) is 112 Å². The van der Waals surface area contributed by atoms with Crippen molar-refractivity contribution in [2.24, 2.45) is 0 Å². The number of benzene rings is 4. The number of anilines is 2. The number of nitrogens with two attached hydrogens (primary N) is 2. The minimum atomic E-state index is -1.10. The molecule has 0 aliphatic rings. The van der Waals surface area contributed by atoms with Gasteiger partial charge in [-0.05, 0) is 84.9 Å². The highest BCUT2D eigenvalue weighted by Gasteiger charge is 2.26. The quantitative estimate of drug-likeness (QED) is 0.0177. The van der Waals surface area contributed by atoms with Gasteiger partial charge < -0.3 is 63.9 Å². The highest BCUT2D eigenvalue weighted by Crippen LogP contribution is 2.36. The van der Waals surface area contributed by atoms with Crippen LogP contribution in [0.3, 0.4) is 0 Å². The van der Waals surface area contributed by atoms with E-state index in [2.05, 4.69) is 0 Å². The van der Waals surface area contributed by atoms with Gasteiger partial charge in [-0.3, -0.25) is 18.4 Å². The van der Waals surface area contributed by atoms with Crippen LogP contribution in [-0.4, -0.2) is 148 Å². The van der Waals surface area contributed by atoms with Crippen molar-refractivity contribution in [3.05, 3.63) is 155 Å². The summed E-state index contributed by atoms with van der Waals surface area (Å²) in [5.74, 6) is -0.641. The van der Waals surface area contributed by atoms with E-state index in [9.17, 15) is 24.3 Å². The van der Waals surface area contributed by atoms with Gasteiger partial charge in [0.05, 0.1) is 110 Å². The van der Waals surface area contributed by atoms with Crippen LogP contribution in [0.1, 0.15) is 53.1 Å². The Labute approximate surface area is 448 Å². The van der Waals surface area contributed by atoms with Crippen molar-refractivity contribution in [2.45, 2.75) is 0 Å². The number of methoxy groups -OCH3 is 3. The predicted octanol–water partition coefficient (Wildman–Crippen LogP) is 6.99. The smallest absolute Gasteiger partial charge is 0.337 e. The summed E-state index contributed by atoms with van der Waals surface area (Å²) >= 11 is 0. The number of fused-ring (bicyclic) bond motifs is 2. The summed E-state index contributed by atoms with van der Waals surface area (Å²) in [6.45, 7) is 3.54. The molecule has 0 atom stereocenters. The van der Waals surface area contributed by atoms with Gasteiger partial charge in [-0.1, -0.05) is 24.3 Å². The zero-order valence-corrected chi connectivity index (χ0v) is 43.1. The summed E-state index contributed by atoms with van der Waals surface area (Å²) in [4.78, 5) is 61.6. The zero-order chi connectivity index (χ0) is 55.0. The number of aromatic nitrogens is 4. The van der Waals surface area contributed by atoms with E-state index in [0.29, 0.717) is 137 Å². The lowest BCUT2D eigenvalue weighted by atomic mass is 10.1. The molecule has 4 aromatic carbocycles. The van der Waals surface area contributed by atoms with E-state index in [4.69, 9.17) is 68.8 Å². The van der Waals surface area contributed by atoms with Crippen molar-refractivity contribution < 1.29 is 71.7 Å². The number of nitrogen functional groups attached to an aromatic ring is 2. The van der Waals surface area contributed by atoms with E-state index in [0.717, 1.165) is 0 Å². The molecule has 78 heavy (non-hydrogen) atoms. The fraction of sp³-hybridized carbons (Fsp3) is 0.263. The first kappa shape index (κ1) is 55.4. The molecular formula is C57H58N6O15. The summed E-state index contributed by atoms with van der Waals surface area (Å²) in [5, 5.41) is 9.69. The molecule has 0 saturated heterocycles. The highest BCUT2D eigenvalue weighted by molar-refractivity contribution is 6.10. The van der Waals surface area contributed by atoms with Crippen LogP contribution in [0.25, 0.3) is 33.5 Å². The summed E-state index contributed by atoms with van der Waals surface area (Å²) in [6.07, 6.45) is 3.41. The molecule has 0 bridgehead atoms. The second-order valence-electron chi connectivity index (χ2n) is 17.0. The van der Waals surface area contributed by atoms with E-state index in [1.165, 1.54) is 33.5 Å². The topological polar surface area (TPSA) is 267 Å². The van der Waals surface area contributed by atoms with Crippen LogP contribution >= 0.6 is 0 Å². The number of nitrogens with zero attached hydrogens (tertiary/aromatic N) is 4. The minimum Gasteiger partial charge on any atom is -0.495 e. The number of carboxylic acids is 1. The zero-order valence-electron chi connectivity index (χ0n) is 43.1. The molecule has 406 valence electrons. The number of ether oxygens (including phenoxy) is 10. The van der Waals surface area contributed by atoms with Crippen LogP contribution in [0.5, 0.6) is 23.0 Å². The van der Waals surface area contributed by atoms with Crippen molar-refractivity contribution in [3.63, 3.8) is 0 Å². The summed E-state index contributed by atoms with van der Waals surface area (Å²) in [7, 11) is 4.24. The molecule has 5 N–H and O–H groups in total. The number of carbonyl (C=O) groups excluding carboxylic acids is 3. The maximum absolute atomic E-state index is 13.9. The van der Waals surface area contributed by atoms with E-state index in [-0.39, 0.29) is 49.4 Å². The SMILES string of the molecule is COC(=O)c1cccc(-c2nc(C(=O)c3ccc(N)c(OC)c3)n3cccc(OCCOCCOCCOCCOCCOCCOc4cccn5c(C(=O)c6ccc(N)c(OC)c6)nc(-c6cccc(C(=O)O)c6)c45)c23)c1. The third-order valence-corrected chi connectivity index (χ3v) is 12.1. The van der Waals surface area contributed by atoms with Crippen molar-refractivity contribution >= 4 is 45.9 Å². The number of rotatable bonds is 30. The Morgan fingerprint density at radius 1 is 0.462 bits per heavy atom. The number of ketones is 2. The lowest BCUT2D eigenvalue weighted by Gasteiger charge is -2.11. The van der Waals surface area contributed by atoms with E-state index >= 15 is 0 Å². The third kappa shape index (κ3) is 13.2. The van der Waals surface area contributed by atoms with Gasteiger partial charge in [0.15, 0.2) is 11.6 Å². The second kappa shape index (κ2) is 26.8. The van der Waals surface area contributed by atoms with Gasteiger partial charge >= 0.3 is 11.9 Å². The highest BCUT2D eigenvalue weighted by atomic mass is 16.6. The molecular weight excluding hydrogens is 1010 g/mol. The number of hydrogen-bond acceptors (Lipinski definition) is 18. The van der Waals surface area contributed by atoms with Crippen LogP contribution in [0.2, 0.25) is 0 Å². The van der Waals surface area contributed by atoms with Gasteiger partial charge in [0, 0.05) is 34.6 Å². The van der Waals surface area contributed by atoms with Crippen LogP contribution < -0.4 is 30.4 Å². The van der Waals surface area contributed by atoms with Gasteiger partial charge in [0.1, 0.15) is 58.6 Å². The van der Waals surface area contributed by atoms with Crippen molar-refractivity contribution in [3.8, 4) is 45.5 Å². The standard InChI is InChI=1S/C57H58N6O15/c1-69-46-34-38(14-16-42(46)58)52(64)54-60-48(36-8-4-10-40(32-36)56(66)67)50-44(12-6-18-62(50)54)77-30-28-75-26-24-73-22-20-72-21-23-74-25-27-76-29-31-78-45-13-7-19-63-51(45)49(37-9-5-11-41(33-37)57(68)71-3)61-55(63)53(65)39-15-17-43(59)47(35-39)70-2/h4-19,32-35H,20-31,58-59H2,1-3H3,(H,66,67). The molecule has 21 nitrogen and oxygen atoms in total. The fourth-order valence-corrected chi connectivity index (χ4v) is 8.25. The Kier molecular flexibility index (Phi) is 19.0. The number of aromatic carboxylic acids is 1. The van der Waals surface area contributed by atoms with Crippen LogP contribution in [0.15, 0.2) is 122 Å². The number of carbonyl (C=O) groups is 4. The molecule has 0 amide bonds.